The van der Waals surface area contributed by atoms with Crippen molar-refractivity contribution < 1.29 is 4.74 Å². The molecule has 5 heteroatoms. The number of hydrogen-bond donors (Lipinski definition) is 1. The number of nitrogens with one attached hydrogen (secondary N) is 1. The van der Waals surface area contributed by atoms with Crippen molar-refractivity contribution in [2.75, 3.05) is 18.1 Å². The van der Waals surface area contributed by atoms with Gasteiger partial charge in [0.05, 0.1) is 18.8 Å². The van der Waals surface area contributed by atoms with Gasteiger partial charge in [-0.05, 0) is 26.2 Å². The fourth-order valence-corrected chi connectivity index (χ4v) is 3.28. The van der Waals surface area contributed by atoms with Crippen LogP contribution in [0.25, 0.3) is 0 Å². The van der Waals surface area contributed by atoms with E-state index in [1.54, 1.807) is 0 Å². The molecule has 21 heavy (non-hydrogen) atoms. The zero-order chi connectivity index (χ0) is 14.8. The lowest BCUT2D eigenvalue weighted by molar-refractivity contribution is 0.0249. The Morgan fingerprint density at radius 1 is 1.43 bits per heavy atom. The third-order valence-corrected chi connectivity index (χ3v) is 4.51. The third-order valence-electron chi connectivity index (χ3n) is 4.51. The van der Waals surface area contributed by atoms with E-state index in [1.807, 2.05) is 6.20 Å². The first-order valence-corrected chi connectivity index (χ1v) is 8.09. The molecule has 0 amide bonds. The quantitative estimate of drug-likeness (QED) is 0.919. The molecule has 1 aliphatic heterocycles. The summed E-state index contributed by atoms with van der Waals surface area (Å²) in [5, 5.41) is 3.43. The topological polar surface area (TPSA) is 50.3 Å². The Morgan fingerprint density at radius 3 is 3.05 bits per heavy atom. The van der Waals surface area contributed by atoms with E-state index in [2.05, 4.69) is 36.0 Å². The molecule has 2 atom stereocenters. The summed E-state index contributed by atoms with van der Waals surface area (Å²) >= 11 is 0. The number of anilines is 1. The van der Waals surface area contributed by atoms with Crippen LogP contribution < -0.4 is 10.2 Å². The lowest BCUT2D eigenvalue weighted by atomic mass is 10.1. The number of hydrogen-bond acceptors (Lipinski definition) is 5. The van der Waals surface area contributed by atoms with Crippen molar-refractivity contribution in [1.82, 2.24) is 15.3 Å². The van der Waals surface area contributed by atoms with Crippen molar-refractivity contribution in [1.29, 1.82) is 0 Å². The van der Waals surface area contributed by atoms with E-state index in [1.165, 1.54) is 24.8 Å². The number of fused-ring (bicyclic) bond motifs is 1. The Hall–Kier alpha value is -1.20. The van der Waals surface area contributed by atoms with Gasteiger partial charge in [-0.3, -0.25) is 0 Å². The van der Waals surface area contributed by atoms with Crippen LogP contribution in [0.3, 0.4) is 0 Å². The molecular formula is C16H26N4O. The van der Waals surface area contributed by atoms with Crippen LogP contribution in [-0.4, -0.2) is 41.3 Å². The van der Waals surface area contributed by atoms with E-state index in [4.69, 9.17) is 9.72 Å². The molecule has 0 radical (unpaired) electrons. The van der Waals surface area contributed by atoms with Crippen LogP contribution in [0, 0.1) is 6.92 Å². The van der Waals surface area contributed by atoms with Crippen molar-refractivity contribution >= 4 is 5.95 Å². The summed E-state index contributed by atoms with van der Waals surface area (Å²) < 4.78 is 5.87. The third kappa shape index (κ3) is 3.19. The lowest BCUT2D eigenvalue weighted by Gasteiger charge is -2.37. The largest absolute Gasteiger partial charge is 0.374 e. The van der Waals surface area contributed by atoms with Gasteiger partial charge in [0.15, 0.2) is 0 Å². The molecule has 1 aliphatic carbocycles. The van der Waals surface area contributed by atoms with Gasteiger partial charge < -0.3 is 15.0 Å². The Kier molecular flexibility index (Phi) is 4.40. The van der Waals surface area contributed by atoms with E-state index in [0.29, 0.717) is 18.2 Å². The number of rotatable bonds is 4. The smallest absolute Gasteiger partial charge is 0.225 e. The highest BCUT2D eigenvalue weighted by Gasteiger charge is 2.37. The summed E-state index contributed by atoms with van der Waals surface area (Å²) in [5.41, 5.74) is 2.26. The van der Waals surface area contributed by atoms with Crippen molar-refractivity contribution in [3.63, 3.8) is 0 Å². The standard InChI is InChI=1S/C16H26N4O/c1-11(2)17-9-13-10-18-16(19-12(13)3)20-7-8-21-15-6-4-5-14(15)20/h10-11,14-15,17H,4-9H2,1-3H3. The van der Waals surface area contributed by atoms with Gasteiger partial charge in [0.2, 0.25) is 5.95 Å². The van der Waals surface area contributed by atoms with E-state index in [0.717, 1.165) is 31.3 Å². The molecular weight excluding hydrogens is 264 g/mol. The van der Waals surface area contributed by atoms with Crippen molar-refractivity contribution in [2.45, 2.75) is 64.8 Å². The second-order valence-corrected chi connectivity index (χ2v) is 6.42. The molecule has 3 rings (SSSR count). The Balaban J connectivity index is 1.75. The zero-order valence-corrected chi connectivity index (χ0v) is 13.3. The first-order valence-electron chi connectivity index (χ1n) is 8.09. The Morgan fingerprint density at radius 2 is 2.29 bits per heavy atom. The van der Waals surface area contributed by atoms with Gasteiger partial charge in [-0.15, -0.1) is 0 Å². The molecule has 1 N–H and O–H groups in total. The molecule has 2 aliphatic rings. The van der Waals surface area contributed by atoms with Crippen molar-refractivity contribution in [3.8, 4) is 0 Å². The summed E-state index contributed by atoms with van der Waals surface area (Å²) in [4.78, 5) is 11.7. The Labute approximate surface area is 127 Å². The minimum atomic E-state index is 0.380. The number of morpholine rings is 1. The number of aryl methyl sites for hydroxylation is 1. The summed E-state index contributed by atoms with van der Waals surface area (Å²) in [5.74, 6) is 0.876. The summed E-state index contributed by atoms with van der Waals surface area (Å²) in [6.07, 6.45) is 5.98. The minimum absolute atomic E-state index is 0.380. The van der Waals surface area contributed by atoms with Gasteiger partial charge in [0.25, 0.3) is 0 Å². The van der Waals surface area contributed by atoms with Gasteiger partial charge in [-0.1, -0.05) is 13.8 Å². The number of nitrogens with zero attached hydrogens (tertiary/aromatic N) is 3. The predicted octanol–water partition coefficient (Wildman–Crippen LogP) is 2.04. The van der Waals surface area contributed by atoms with Gasteiger partial charge in [-0.2, -0.15) is 0 Å². The molecule has 1 saturated heterocycles. The fraction of sp³-hybridized carbons (Fsp3) is 0.750. The highest BCUT2D eigenvalue weighted by molar-refractivity contribution is 5.36. The van der Waals surface area contributed by atoms with Crippen LogP contribution in [0.4, 0.5) is 5.95 Å². The normalized spacial score (nSPS) is 25.4. The molecule has 1 aromatic rings. The molecule has 0 bridgehead atoms. The summed E-state index contributed by atoms with van der Waals surface area (Å²) in [6, 6.07) is 0.945. The SMILES string of the molecule is Cc1nc(N2CCOC3CCCC32)ncc1CNC(C)C. The van der Waals surface area contributed by atoms with Crippen molar-refractivity contribution in [2.24, 2.45) is 0 Å². The number of ether oxygens (including phenoxy) is 1. The van der Waals surface area contributed by atoms with Crippen LogP contribution >= 0.6 is 0 Å². The van der Waals surface area contributed by atoms with Crippen LogP contribution in [0.1, 0.15) is 44.4 Å². The molecule has 5 nitrogen and oxygen atoms in total. The molecule has 1 aromatic heterocycles. The van der Waals surface area contributed by atoms with Crippen LogP contribution in [-0.2, 0) is 11.3 Å². The maximum atomic E-state index is 5.87. The average molecular weight is 290 g/mol. The van der Waals surface area contributed by atoms with E-state index < -0.39 is 0 Å². The first-order chi connectivity index (χ1) is 10.1. The monoisotopic (exact) mass is 290 g/mol. The van der Waals surface area contributed by atoms with Crippen LogP contribution in [0.5, 0.6) is 0 Å². The molecule has 0 aromatic carbocycles. The second kappa shape index (κ2) is 6.28. The molecule has 2 unspecified atom stereocenters. The zero-order valence-electron chi connectivity index (χ0n) is 13.3. The fourth-order valence-electron chi connectivity index (χ4n) is 3.28. The highest BCUT2D eigenvalue weighted by Crippen LogP contribution is 2.31. The van der Waals surface area contributed by atoms with Crippen LogP contribution in [0.2, 0.25) is 0 Å². The van der Waals surface area contributed by atoms with Gasteiger partial charge in [0.1, 0.15) is 0 Å². The van der Waals surface area contributed by atoms with Gasteiger partial charge in [0, 0.05) is 36.6 Å². The summed E-state index contributed by atoms with van der Waals surface area (Å²) in [6.45, 7) is 8.91. The number of aromatic nitrogens is 2. The lowest BCUT2D eigenvalue weighted by Crippen LogP contribution is -2.49. The van der Waals surface area contributed by atoms with E-state index >= 15 is 0 Å². The average Bonchev–Trinajstić information content (AvgIpc) is 2.94. The maximum absolute atomic E-state index is 5.87. The van der Waals surface area contributed by atoms with Crippen LogP contribution in [0.15, 0.2) is 6.20 Å². The minimum Gasteiger partial charge on any atom is -0.374 e. The van der Waals surface area contributed by atoms with E-state index in [-0.39, 0.29) is 0 Å². The molecule has 2 heterocycles. The van der Waals surface area contributed by atoms with Crippen molar-refractivity contribution in [3.05, 3.63) is 17.5 Å². The molecule has 0 spiro atoms. The maximum Gasteiger partial charge on any atom is 0.225 e. The molecule has 2 fully saturated rings. The highest BCUT2D eigenvalue weighted by atomic mass is 16.5. The first kappa shape index (κ1) is 14.7. The van der Waals surface area contributed by atoms with Gasteiger partial charge in [-0.25, -0.2) is 9.97 Å². The molecule has 1 saturated carbocycles. The van der Waals surface area contributed by atoms with Gasteiger partial charge >= 0.3 is 0 Å². The summed E-state index contributed by atoms with van der Waals surface area (Å²) in [7, 11) is 0. The Bertz CT molecular complexity index is 491. The molecule has 116 valence electrons. The van der Waals surface area contributed by atoms with E-state index in [9.17, 15) is 0 Å². The predicted molar refractivity (Wildman–Crippen MR) is 83.5 cm³/mol. The second-order valence-electron chi connectivity index (χ2n) is 6.42.